The molecule has 0 aliphatic carbocycles. The SMILES string of the molecule is CCCn1c(SCC(=O)N[C@H](c2ccc3c(c2)OCCCO3)C(C)C)n[nH]c1=O. The van der Waals surface area contributed by atoms with Crippen LogP contribution in [0, 0.1) is 5.92 Å². The topological polar surface area (TPSA) is 98.2 Å². The summed E-state index contributed by atoms with van der Waals surface area (Å²) in [5.74, 6) is 1.72. The number of carbonyl (C=O) groups is 1. The van der Waals surface area contributed by atoms with E-state index in [1.165, 1.54) is 11.8 Å². The molecule has 1 aliphatic rings. The van der Waals surface area contributed by atoms with Gasteiger partial charge in [0.1, 0.15) is 0 Å². The summed E-state index contributed by atoms with van der Waals surface area (Å²) in [6.45, 7) is 7.95. The van der Waals surface area contributed by atoms with Crippen LogP contribution in [0.4, 0.5) is 0 Å². The lowest BCUT2D eigenvalue weighted by molar-refractivity contribution is -0.119. The van der Waals surface area contributed by atoms with Gasteiger partial charge in [0.2, 0.25) is 5.91 Å². The Kier molecular flexibility index (Phi) is 7.24. The summed E-state index contributed by atoms with van der Waals surface area (Å²) in [7, 11) is 0. The summed E-state index contributed by atoms with van der Waals surface area (Å²) < 4.78 is 13.0. The van der Waals surface area contributed by atoms with Crippen molar-refractivity contribution in [2.45, 2.75) is 51.4 Å². The van der Waals surface area contributed by atoms with E-state index in [1.807, 2.05) is 25.1 Å². The molecule has 3 rings (SSSR count). The van der Waals surface area contributed by atoms with Crippen LogP contribution in [-0.4, -0.2) is 39.6 Å². The van der Waals surface area contributed by atoms with Gasteiger partial charge >= 0.3 is 5.69 Å². The zero-order chi connectivity index (χ0) is 20.8. The van der Waals surface area contributed by atoms with Crippen molar-refractivity contribution in [2.24, 2.45) is 5.92 Å². The minimum absolute atomic E-state index is 0.112. The molecule has 0 bridgehead atoms. The normalized spacial score (nSPS) is 14.5. The molecule has 8 nitrogen and oxygen atoms in total. The maximum absolute atomic E-state index is 12.6. The molecule has 2 heterocycles. The van der Waals surface area contributed by atoms with Crippen molar-refractivity contribution in [2.75, 3.05) is 19.0 Å². The number of thioether (sulfide) groups is 1. The average molecular weight is 421 g/mol. The predicted molar refractivity (Wildman–Crippen MR) is 112 cm³/mol. The molecule has 2 aromatic rings. The molecule has 9 heteroatoms. The molecule has 0 saturated carbocycles. The first kappa shape index (κ1) is 21.3. The van der Waals surface area contributed by atoms with Gasteiger partial charge in [-0.25, -0.2) is 9.89 Å². The molecule has 1 aliphatic heterocycles. The Labute approximate surface area is 174 Å². The van der Waals surface area contributed by atoms with Crippen molar-refractivity contribution < 1.29 is 14.3 Å². The third-order valence-corrected chi connectivity index (χ3v) is 5.59. The number of fused-ring (bicyclic) bond motifs is 1. The predicted octanol–water partition coefficient (Wildman–Crippen LogP) is 2.75. The third-order valence-electron chi connectivity index (χ3n) is 4.62. The standard InChI is InChI=1S/C20H28N4O4S/c1-4-8-24-19(26)22-23-20(24)29-12-17(25)21-18(13(2)3)14-6-7-15-16(11-14)28-10-5-9-27-15/h6-7,11,13,18H,4-5,8-10,12H2,1-3H3,(H,21,25)(H,22,26)/t18-/m0/s1. The first-order valence-corrected chi connectivity index (χ1v) is 10.9. The second-order valence-corrected chi connectivity index (χ2v) is 8.24. The number of nitrogens with one attached hydrogen (secondary N) is 2. The van der Waals surface area contributed by atoms with Crippen LogP contribution in [0.25, 0.3) is 0 Å². The Morgan fingerprint density at radius 1 is 1.31 bits per heavy atom. The summed E-state index contributed by atoms with van der Waals surface area (Å²) in [5, 5.41) is 10.1. The van der Waals surface area contributed by atoms with E-state index in [1.54, 1.807) is 4.57 Å². The van der Waals surface area contributed by atoms with Crippen molar-refractivity contribution in [1.29, 1.82) is 0 Å². The first-order chi connectivity index (χ1) is 14.0. The molecular weight excluding hydrogens is 392 g/mol. The summed E-state index contributed by atoms with van der Waals surface area (Å²) in [4.78, 5) is 24.4. The van der Waals surface area contributed by atoms with Gasteiger partial charge in [-0.15, -0.1) is 5.10 Å². The number of H-pyrrole nitrogens is 1. The molecule has 2 N–H and O–H groups in total. The molecule has 0 spiro atoms. The molecule has 1 aromatic heterocycles. The molecule has 0 fully saturated rings. The molecular formula is C20H28N4O4S. The highest BCUT2D eigenvalue weighted by Crippen LogP contribution is 2.34. The fourth-order valence-corrected chi connectivity index (χ4v) is 3.97. The van der Waals surface area contributed by atoms with Gasteiger partial charge in [0.25, 0.3) is 0 Å². The number of carbonyl (C=O) groups excluding carboxylic acids is 1. The van der Waals surface area contributed by atoms with E-state index < -0.39 is 0 Å². The Morgan fingerprint density at radius 2 is 2.07 bits per heavy atom. The van der Waals surface area contributed by atoms with Crippen molar-refractivity contribution >= 4 is 17.7 Å². The quantitative estimate of drug-likeness (QED) is 0.637. The lowest BCUT2D eigenvalue weighted by Crippen LogP contribution is -2.33. The Balaban J connectivity index is 1.67. The van der Waals surface area contributed by atoms with Gasteiger partial charge in [-0.2, -0.15) is 0 Å². The zero-order valence-electron chi connectivity index (χ0n) is 17.1. The lowest BCUT2D eigenvalue weighted by Gasteiger charge is -2.24. The number of aromatic amines is 1. The Bertz CT molecular complexity index is 893. The van der Waals surface area contributed by atoms with Gasteiger partial charge in [0.05, 0.1) is 25.0 Å². The molecule has 1 atom stereocenters. The van der Waals surface area contributed by atoms with E-state index >= 15 is 0 Å². The number of ether oxygens (including phenoxy) is 2. The highest BCUT2D eigenvalue weighted by Gasteiger charge is 2.21. The van der Waals surface area contributed by atoms with Crippen LogP contribution in [0.5, 0.6) is 11.5 Å². The van der Waals surface area contributed by atoms with Crippen LogP contribution in [0.15, 0.2) is 28.2 Å². The highest BCUT2D eigenvalue weighted by atomic mass is 32.2. The van der Waals surface area contributed by atoms with Crippen LogP contribution in [-0.2, 0) is 11.3 Å². The van der Waals surface area contributed by atoms with Gasteiger partial charge < -0.3 is 14.8 Å². The minimum atomic E-state index is -0.248. The molecule has 0 saturated heterocycles. The van der Waals surface area contributed by atoms with Crippen molar-refractivity contribution in [3.8, 4) is 11.5 Å². The minimum Gasteiger partial charge on any atom is -0.490 e. The van der Waals surface area contributed by atoms with Crippen LogP contribution in [0.3, 0.4) is 0 Å². The van der Waals surface area contributed by atoms with Crippen LogP contribution >= 0.6 is 11.8 Å². The van der Waals surface area contributed by atoms with Gasteiger partial charge in [0.15, 0.2) is 16.7 Å². The highest BCUT2D eigenvalue weighted by molar-refractivity contribution is 7.99. The van der Waals surface area contributed by atoms with Crippen molar-refractivity contribution in [3.05, 3.63) is 34.2 Å². The summed E-state index contributed by atoms with van der Waals surface area (Å²) in [5.41, 5.74) is 0.729. The van der Waals surface area contributed by atoms with E-state index in [0.29, 0.717) is 24.9 Å². The van der Waals surface area contributed by atoms with Crippen LogP contribution in [0.2, 0.25) is 0 Å². The number of nitrogens with zero attached hydrogens (tertiary/aromatic N) is 2. The summed E-state index contributed by atoms with van der Waals surface area (Å²) in [6, 6.07) is 5.67. The lowest BCUT2D eigenvalue weighted by atomic mass is 9.95. The molecule has 29 heavy (non-hydrogen) atoms. The van der Waals surface area contributed by atoms with E-state index in [-0.39, 0.29) is 29.3 Å². The molecule has 1 aromatic carbocycles. The maximum Gasteiger partial charge on any atom is 0.343 e. The van der Waals surface area contributed by atoms with Gasteiger partial charge in [-0.1, -0.05) is 38.6 Å². The molecule has 1 amide bonds. The van der Waals surface area contributed by atoms with Crippen molar-refractivity contribution in [1.82, 2.24) is 20.1 Å². The first-order valence-electron chi connectivity index (χ1n) is 9.96. The van der Waals surface area contributed by atoms with Crippen molar-refractivity contribution in [3.63, 3.8) is 0 Å². The van der Waals surface area contributed by atoms with Crippen LogP contribution in [0.1, 0.15) is 45.2 Å². The maximum atomic E-state index is 12.6. The number of rotatable bonds is 8. The number of benzene rings is 1. The number of aromatic nitrogens is 3. The van der Waals surface area contributed by atoms with E-state index in [0.717, 1.165) is 29.9 Å². The van der Waals surface area contributed by atoms with Gasteiger partial charge in [0, 0.05) is 13.0 Å². The number of hydrogen-bond donors (Lipinski definition) is 2. The van der Waals surface area contributed by atoms with Gasteiger partial charge in [-0.3, -0.25) is 9.36 Å². The van der Waals surface area contributed by atoms with Gasteiger partial charge in [-0.05, 0) is 30.0 Å². The van der Waals surface area contributed by atoms with Crippen LogP contribution < -0.4 is 20.5 Å². The summed E-state index contributed by atoms with van der Waals surface area (Å²) in [6.07, 6.45) is 1.67. The monoisotopic (exact) mass is 420 g/mol. The number of hydrogen-bond acceptors (Lipinski definition) is 6. The third kappa shape index (κ3) is 5.35. The zero-order valence-corrected chi connectivity index (χ0v) is 17.9. The summed E-state index contributed by atoms with van der Waals surface area (Å²) >= 11 is 1.25. The van der Waals surface area contributed by atoms with E-state index in [9.17, 15) is 9.59 Å². The molecule has 0 radical (unpaired) electrons. The Hall–Kier alpha value is -2.42. The van der Waals surface area contributed by atoms with E-state index in [4.69, 9.17) is 9.47 Å². The second kappa shape index (κ2) is 9.87. The fourth-order valence-electron chi connectivity index (χ4n) is 3.19. The average Bonchev–Trinajstić information content (AvgIpc) is 2.90. The Morgan fingerprint density at radius 3 is 2.79 bits per heavy atom. The molecule has 158 valence electrons. The second-order valence-electron chi connectivity index (χ2n) is 7.30. The fraction of sp³-hybridized carbons (Fsp3) is 0.550. The number of amides is 1. The smallest absolute Gasteiger partial charge is 0.343 e. The largest absolute Gasteiger partial charge is 0.490 e. The molecule has 0 unspecified atom stereocenters. The van der Waals surface area contributed by atoms with E-state index in [2.05, 4.69) is 29.4 Å².